The first-order valence-electron chi connectivity index (χ1n) is 6.55. The molecule has 1 fully saturated rings. The van der Waals surface area contributed by atoms with Crippen LogP contribution in [0.25, 0.3) is 0 Å². The number of hydrogen-bond donors (Lipinski definition) is 1. The summed E-state index contributed by atoms with van der Waals surface area (Å²) in [6, 6.07) is 6.24. The van der Waals surface area contributed by atoms with Crippen LogP contribution < -0.4 is 5.73 Å². The largest absolute Gasteiger partial charge is 0.373 e. The number of hydrogen-bond acceptors (Lipinski definition) is 3. The summed E-state index contributed by atoms with van der Waals surface area (Å²) in [4.78, 5) is 2.40. The highest BCUT2D eigenvalue weighted by molar-refractivity contribution is 9.10. The predicted octanol–water partition coefficient (Wildman–Crippen LogP) is 3.21. The van der Waals surface area contributed by atoms with Crippen LogP contribution in [0.15, 0.2) is 22.7 Å². The van der Waals surface area contributed by atoms with Gasteiger partial charge in [0.2, 0.25) is 0 Å². The second-order valence-electron chi connectivity index (χ2n) is 5.14. The van der Waals surface area contributed by atoms with Crippen molar-refractivity contribution in [2.45, 2.75) is 32.1 Å². The van der Waals surface area contributed by atoms with Crippen molar-refractivity contribution in [3.63, 3.8) is 0 Å². The molecule has 0 spiro atoms. The van der Waals surface area contributed by atoms with Crippen molar-refractivity contribution < 1.29 is 4.74 Å². The number of nitrogens with zero attached hydrogens (tertiary/aromatic N) is 1. The Morgan fingerprint density at radius 1 is 1.42 bits per heavy atom. The van der Waals surface area contributed by atoms with E-state index in [1.165, 1.54) is 5.56 Å². The van der Waals surface area contributed by atoms with E-state index in [1.54, 1.807) is 0 Å². The molecule has 0 aromatic heterocycles. The van der Waals surface area contributed by atoms with Gasteiger partial charge in [0, 0.05) is 30.1 Å². The molecule has 19 heavy (non-hydrogen) atoms. The summed E-state index contributed by atoms with van der Waals surface area (Å²) in [5.41, 5.74) is 7.18. The topological polar surface area (TPSA) is 38.5 Å². The third-order valence-electron chi connectivity index (χ3n) is 3.44. The fraction of sp³-hybridized carbons (Fsp3) is 0.571. The number of rotatable bonds is 3. The van der Waals surface area contributed by atoms with E-state index in [9.17, 15) is 0 Å². The lowest BCUT2D eigenvalue weighted by Gasteiger charge is -2.40. The number of halogens is 2. The Morgan fingerprint density at radius 3 is 2.58 bits per heavy atom. The van der Waals surface area contributed by atoms with Crippen molar-refractivity contribution in [3.05, 3.63) is 33.3 Å². The first-order chi connectivity index (χ1) is 9.01. The molecule has 0 radical (unpaired) electrons. The van der Waals surface area contributed by atoms with Crippen LogP contribution in [-0.2, 0) is 4.74 Å². The second kappa shape index (κ2) is 6.55. The summed E-state index contributed by atoms with van der Waals surface area (Å²) >= 11 is 9.52. The monoisotopic (exact) mass is 346 g/mol. The van der Waals surface area contributed by atoms with Crippen LogP contribution in [0.2, 0.25) is 5.02 Å². The maximum Gasteiger partial charge on any atom is 0.0678 e. The Labute approximate surface area is 128 Å². The summed E-state index contributed by atoms with van der Waals surface area (Å²) in [6.45, 7) is 6.62. The molecule has 3 atom stereocenters. The molecule has 5 heteroatoms. The van der Waals surface area contributed by atoms with Gasteiger partial charge in [-0.2, -0.15) is 0 Å². The summed E-state index contributed by atoms with van der Waals surface area (Å²) in [7, 11) is 0. The normalized spacial score (nSPS) is 26.4. The molecule has 2 rings (SSSR count). The van der Waals surface area contributed by atoms with Crippen LogP contribution in [0.1, 0.15) is 25.5 Å². The van der Waals surface area contributed by atoms with Gasteiger partial charge in [-0.1, -0.05) is 17.7 Å². The van der Waals surface area contributed by atoms with Crippen LogP contribution >= 0.6 is 27.5 Å². The van der Waals surface area contributed by atoms with Crippen LogP contribution in [0.5, 0.6) is 0 Å². The zero-order valence-corrected chi connectivity index (χ0v) is 13.6. The molecule has 0 amide bonds. The minimum Gasteiger partial charge on any atom is -0.373 e. The van der Waals surface area contributed by atoms with Crippen molar-refractivity contribution in [1.82, 2.24) is 4.90 Å². The maximum atomic E-state index is 6.05. The van der Waals surface area contributed by atoms with E-state index in [0.29, 0.717) is 6.54 Å². The quantitative estimate of drug-likeness (QED) is 0.912. The smallest absolute Gasteiger partial charge is 0.0678 e. The zero-order valence-electron chi connectivity index (χ0n) is 11.3. The van der Waals surface area contributed by atoms with Gasteiger partial charge in [0.05, 0.1) is 17.2 Å². The summed E-state index contributed by atoms with van der Waals surface area (Å²) in [5, 5.41) is 0.725. The van der Waals surface area contributed by atoms with Crippen molar-refractivity contribution in [2.24, 2.45) is 5.73 Å². The van der Waals surface area contributed by atoms with Gasteiger partial charge in [0.25, 0.3) is 0 Å². The molecule has 1 aromatic carbocycles. The van der Waals surface area contributed by atoms with E-state index in [-0.39, 0.29) is 18.2 Å². The third kappa shape index (κ3) is 3.70. The molecular weight excluding hydrogens is 328 g/mol. The first-order valence-corrected chi connectivity index (χ1v) is 7.73. The molecular formula is C14H20BrClN2O. The van der Waals surface area contributed by atoms with E-state index in [4.69, 9.17) is 22.1 Å². The number of benzene rings is 1. The molecule has 1 heterocycles. The maximum absolute atomic E-state index is 6.05. The van der Waals surface area contributed by atoms with Crippen LogP contribution in [0.3, 0.4) is 0 Å². The van der Waals surface area contributed by atoms with Gasteiger partial charge in [-0.3, -0.25) is 4.90 Å². The first kappa shape index (κ1) is 15.3. The molecule has 0 bridgehead atoms. The van der Waals surface area contributed by atoms with Gasteiger partial charge < -0.3 is 10.5 Å². The molecule has 1 aliphatic heterocycles. The van der Waals surface area contributed by atoms with E-state index in [1.807, 2.05) is 6.07 Å². The number of ether oxygens (including phenoxy) is 1. The van der Waals surface area contributed by atoms with Gasteiger partial charge in [0.1, 0.15) is 0 Å². The summed E-state index contributed by atoms with van der Waals surface area (Å²) in [5.74, 6) is 0. The van der Waals surface area contributed by atoms with Crippen molar-refractivity contribution in [2.75, 3.05) is 19.6 Å². The Kier molecular flexibility index (Phi) is 5.26. The fourth-order valence-corrected chi connectivity index (χ4v) is 3.20. The minimum absolute atomic E-state index is 0.211. The lowest BCUT2D eigenvalue weighted by atomic mass is 10.0. The molecule has 106 valence electrons. The van der Waals surface area contributed by atoms with E-state index in [2.05, 4.69) is 46.8 Å². The average Bonchev–Trinajstić information content (AvgIpc) is 2.33. The third-order valence-corrected chi connectivity index (χ3v) is 4.65. The lowest BCUT2D eigenvalue weighted by Crippen LogP contribution is -2.48. The van der Waals surface area contributed by atoms with Crippen molar-refractivity contribution >= 4 is 27.5 Å². The molecule has 1 unspecified atom stereocenters. The van der Waals surface area contributed by atoms with Crippen molar-refractivity contribution in [3.8, 4) is 0 Å². The van der Waals surface area contributed by atoms with Crippen molar-refractivity contribution in [1.29, 1.82) is 0 Å². The Bertz CT molecular complexity index is 433. The Balaban J connectivity index is 2.21. The SMILES string of the molecule is C[C@@H]1CN(C(CN)c2ccc(Cl)c(Br)c2)C[C@H](C)O1. The highest BCUT2D eigenvalue weighted by Gasteiger charge is 2.28. The number of morpholine rings is 1. The predicted molar refractivity (Wildman–Crippen MR) is 82.5 cm³/mol. The summed E-state index contributed by atoms with van der Waals surface area (Å²) < 4.78 is 6.69. The number of nitrogens with two attached hydrogens (primary N) is 1. The zero-order chi connectivity index (χ0) is 14.0. The molecule has 1 aromatic rings. The van der Waals surface area contributed by atoms with Gasteiger partial charge in [0.15, 0.2) is 0 Å². The van der Waals surface area contributed by atoms with Crippen LogP contribution in [0.4, 0.5) is 0 Å². The van der Waals surface area contributed by atoms with E-state index in [0.717, 1.165) is 22.6 Å². The molecule has 1 saturated heterocycles. The molecule has 0 saturated carbocycles. The molecule has 2 N–H and O–H groups in total. The van der Waals surface area contributed by atoms with Crippen LogP contribution in [-0.4, -0.2) is 36.7 Å². The fourth-order valence-electron chi connectivity index (χ4n) is 2.69. The lowest BCUT2D eigenvalue weighted by molar-refractivity contribution is -0.0799. The summed E-state index contributed by atoms with van der Waals surface area (Å²) in [6.07, 6.45) is 0.488. The van der Waals surface area contributed by atoms with Gasteiger partial charge >= 0.3 is 0 Å². The van der Waals surface area contributed by atoms with E-state index < -0.39 is 0 Å². The molecule has 0 aliphatic carbocycles. The standard InChI is InChI=1S/C14H20BrClN2O/c1-9-7-18(8-10(2)19-9)14(6-17)11-3-4-13(16)12(15)5-11/h3-5,9-10,14H,6-8,17H2,1-2H3/t9-,10+,14?. The van der Waals surface area contributed by atoms with Gasteiger partial charge in [-0.15, -0.1) is 0 Å². The van der Waals surface area contributed by atoms with Gasteiger partial charge in [-0.05, 0) is 47.5 Å². The molecule has 1 aliphatic rings. The highest BCUT2D eigenvalue weighted by Crippen LogP contribution is 2.29. The second-order valence-corrected chi connectivity index (χ2v) is 6.40. The van der Waals surface area contributed by atoms with Gasteiger partial charge in [-0.25, -0.2) is 0 Å². The van der Waals surface area contributed by atoms with E-state index >= 15 is 0 Å². The van der Waals surface area contributed by atoms with Crippen LogP contribution in [0, 0.1) is 0 Å². The Hall–Kier alpha value is -0.130. The Morgan fingerprint density at radius 2 is 2.05 bits per heavy atom. The highest BCUT2D eigenvalue weighted by atomic mass is 79.9. The molecule has 3 nitrogen and oxygen atoms in total. The average molecular weight is 348 g/mol. The minimum atomic E-state index is 0.211.